The molecular formula is C10H12NO5P. The van der Waals surface area contributed by atoms with E-state index in [1.54, 1.807) is 12.1 Å². The maximum absolute atomic E-state index is 12.3. The average Bonchev–Trinajstić information content (AvgIpc) is 2.39. The molecule has 17 heavy (non-hydrogen) atoms. The Kier molecular flexibility index (Phi) is 3.31. The molecular weight excluding hydrogens is 245 g/mol. The van der Waals surface area contributed by atoms with E-state index in [2.05, 4.69) is 4.98 Å². The lowest BCUT2D eigenvalue weighted by atomic mass is 10.1. The number of aliphatic hydroxyl groups excluding tert-OH is 1. The molecule has 2 rings (SSSR count). The molecule has 1 unspecified atom stereocenters. The van der Waals surface area contributed by atoms with Gasteiger partial charge in [0.2, 0.25) is 6.29 Å². The molecule has 1 aromatic heterocycles. The molecule has 92 valence electrons. The van der Waals surface area contributed by atoms with Crippen LogP contribution in [0.2, 0.25) is 0 Å². The second-order valence-electron chi connectivity index (χ2n) is 3.29. The van der Waals surface area contributed by atoms with E-state index in [-0.39, 0.29) is 5.31 Å². The van der Waals surface area contributed by atoms with Gasteiger partial charge in [-0.1, -0.05) is 6.07 Å². The summed E-state index contributed by atoms with van der Waals surface area (Å²) in [4.78, 5) is 3.98. The molecule has 0 aliphatic carbocycles. The molecule has 1 aliphatic heterocycles. The zero-order chi connectivity index (χ0) is 12.5. The normalized spacial score (nSPS) is 19.2. The van der Waals surface area contributed by atoms with Crippen LogP contribution in [0.4, 0.5) is 0 Å². The number of ether oxygens (including phenoxy) is 1. The second-order valence-corrected chi connectivity index (χ2v) is 5.50. The Morgan fingerprint density at radius 1 is 1.47 bits per heavy atom. The van der Waals surface area contributed by atoms with Crippen LogP contribution in [0.5, 0.6) is 0 Å². The van der Waals surface area contributed by atoms with Gasteiger partial charge in [0.1, 0.15) is 17.3 Å². The van der Waals surface area contributed by atoms with Crippen molar-refractivity contribution in [3.63, 3.8) is 0 Å². The molecule has 0 fully saturated rings. The first-order valence-corrected chi connectivity index (χ1v) is 6.37. The second kappa shape index (κ2) is 4.58. The van der Waals surface area contributed by atoms with Gasteiger partial charge >= 0.3 is 7.60 Å². The first-order valence-electron chi connectivity index (χ1n) is 4.83. The first-order chi connectivity index (χ1) is 8.12. The van der Waals surface area contributed by atoms with Gasteiger partial charge in [-0.05, 0) is 6.07 Å². The number of rotatable bonds is 3. The van der Waals surface area contributed by atoms with Crippen molar-refractivity contribution in [3.8, 4) is 0 Å². The van der Waals surface area contributed by atoms with Crippen molar-refractivity contribution in [2.75, 3.05) is 14.2 Å². The third-order valence-corrected chi connectivity index (χ3v) is 4.33. The van der Waals surface area contributed by atoms with Crippen LogP contribution in [-0.2, 0) is 18.3 Å². The van der Waals surface area contributed by atoms with Gasteiger partial charge in [0.05, 0.1) is 0 Å². The quantitative estimate of drug-likeness (QED) is 0.833. The maximum Gasteiger partial charge on any atom is 0.364 e. The zero-order valence-corrected chi connectivity index (χ0v) is 10.3. The molecule has 1 aliphatic rings. The minimum absolute atomic E-state index is 0.246. The lowest BCUT2D eigenvalue weighted by Gasteiger charge is -2.24. The van der Waals surface area contributed by atoms with Crippen molar-refractivity contribution in [2.24, 2.45) is 0 Å². The smallest absolute Gasteiger partial charge is 0.364 e. The van der Waals surface area contributed by atoms with Gasteiger partial charge in [0.15, 0.2) is 0 Å². The van der Waals surface area contributed by atoms with Crippen molar-refractivity contribution >= 4 is 12.9 Å². The molecule has 0 amide bonds. The van der Waals surface area contributed by atoms with Crippen LogP contribution in [0.25, 0.3) is 5.31 Å². The fourth-order valence-electron chi connectivity index (χ4n) is 1.57. The number of hydrogen-bond donors (Lipinski definition) is 1. The van der Waals surface area contributed by atoms with E-state index in [1.807, 2.05) is 0 Å². The molecule has 1 aromatic rings. The number of pyridine rings is 1. The van der Waals surface area contributed by atoms with Crippen molar-refractivity contribution in [3.05, 3.63) is 35.8 Å². The summed E-state index contributed by atoms with van der Waals surface area (Å²) in [6.07, 6.45) is 1.53. The van der Waals surface area contributed by atoms with Gasteiger partial charge in [-0.3, -0.25) is 9.55 Å². The summed E-state index contributed by atoms with van der Waals surface area (Å²) in [6, 6.07) is 3.34. The van der Waals surface area contributed by atoms with E-state index in [9.17, 15) is 9.67 Å². The van der Waals surface area contributed by atoms with Crippen LogP contribution in [0.1, 0.15) is 17.5 Å². The summed E-state index contributed by atoms with van der Waals surface area (Å²) in [5.41, 5.74) is 0.789. The van der Waals surface area contributed by atoms with E-state index in [4.69, 9.17) is 13.8 Å². The highest BCUT2D eigenvalue weighted by atomic mass is 31.2. The summed E-state index contributed by atoms with van der Waals surface area (Å²) >= 11 is 0. The highest BCUT2D eigenvalue weighted by Crippen LogP contribution is 2.61. The first kappa shape index (κ1) is 12.3. The predicted octanol–water partition coefficient (Wildman–Crippen LogP) is 1.89. The van der Waals surface area contributed by atoms with Crippen molar-refractivity contribution < 1.29 is 23.5 Å². The number of aromatic nitrogens is 1. The van der Waals surface area contributed by atoms with Crippen molar-refractivity contribution in [1.82, 2.24) is 4.98 Å². The van der Waals surface area contributed by atoms with E-state index >= 15 is 0 Å². The summed E-state index contributed by atoms with van der Waals surface area (Å²) in [7, 11) is -0.863. The fourth-order valence-corrected chi connectivity index (χ4v) is 2.79. The van der Waals surface area contributed by atoms with Crippen molar-refractivity contribution in [2.45, 2.75) is 6.29 Å². The summed E-state index contributed by atoms with van der Waals surface area (Å²) < 4.78 is 27.0. The number of hydrogen-bond acceptors (Lipinski definition) is 6. The minimum Gasteiger partial charge on any atom is -0.466 e. The van der Waals surface area contributed by atoms with E-state index in [0.29, 0.717) is 11.3 Å². The van der Waals surface area contributed by atoms with Crippen LogP contribution in [0.15, 0.2) is 24.6 Å². The van der Waals surface area contributed by atoms with Gasteiger partial charge in [-0.2, -0.15) is 0 Å². The fraction of sp³-hybridized carbons (Fsp3) is 0.300. The highest BCUT2D eigenvalue weighted by molar-refractivity contribution is 7.65. The van der Waals surface area contributed by atoms with Crippen LogP contribution < -0.4 is 0 Å². The van der Waals surface area contributed by atoms with E-state index in [1.165, 1.54) is 26.7 Å². The monoisotopic (exact) mass is 257 g/mol. The molecule has 6 nitrogen and oxygen atoms in total. The lowest BCUT2D eigenvalue weighted by molar-refractivity contribution is -0.0591. The Bertz CT molecular complexity index is 493. The molecule has 0 saturated carbocycles. The molecule has 0 spiro atoms. The summed E-state index contributed by atoms with van der Waals surface area (Å²) in [6.45, 7) is 0. The van der Waals surface area contributed by atoms with Crippen LogP contribution in [0.3, 0.4) is 0 Å². The van der Waals surface area contributed by atoms with Gasteiger partial charge in [0.25, 0.3) is 0 Å². The topological polar surface area (TPSA) is 77.9 Å². The Hall–Kier alpha value is -1.20. The molecule has 0 radical (unpaired) electrons. The van der Waals surface area contributed by atoms with Gasteiger partial charge in [-0.25, -0.2) is 0 Å². The van der Waals surface area contributed by atoms with Crippen LogP contribution in [0, 0.1) is 0 Å². The average molecular weight is 257 g/mol. The van der Waals surface area contributed by atoms with Gasteiger partial charge in [0, 0.05) is 26.0 Å². The Balaban J connectivity index is 2.55. The van der Waals surface area contributed by atoms with E-state index in [0.717, 1.165) is 0 Å². The van der Waals surface area contributed by atoms with E-state index < -0.39 is 13.9 Å². The third-order valence-electron chi connectivity index (χ3n) is 2.43. The number of fused-ring (bicyclic) bond motifs is 1. The Morgan fingerprint density at radius 2 is 2.18 bits per heavy atom. The number of nitrogens with zero attached hydrogens (tertiary/aromatic N) is 1. The largest absolute Gasteiger partial charge is 0.466 e. The molecule has 1 N–H and O–H groups in total. The summed E-state index contributed by atoms with van der Waals surface area (Å²) in [5, 5.41) is 9.84. The summed E-state index contributed by atoms with van der Waals surface area (Å²) in [5.74, 6) is 0. The van der Waals surface area contributed by atoms with Crippen LogP contribution in [-0.4, -0.2) is 24.3 Å². The Labute approximate surface area is 98.4 Å². The lowest BCUT2D eigenvalue weighted by Crippen LogP contribution is -2.11. The standard InChI is InChI=1S/C10H12NO5P/c1-14-17(13,15-2)8-6-16-10(12)9-7(8)4-3-5-11-9/h3-6,10,12H,1-2H3. The third kappa shape index (κ3) is 2.00. The van der Waals surface area contributed by atoms with Crippen LogP contribution >= 0.6 is 7.60 Å². The molecule has 2 heterocycles. The SMILES string of the molecule is COP(=O)(OC)C1=COC(O)c2ncccc21. The number of aliphatic hydroxyl groups is 1. The van der Waals surface area contributed by atoms with Gasteiger partial charge < -0.3 is 18.9 Å². The highest BCUT2D eigenvalue weighted by Gasteiger charge is 2.35. The predicted molar refractivity (Wildman–Crippen MR) is 59.9 cm³/mol. The van der Waals surface area contributed by atoms with Gasteiger partial charge in [-0.15, -0.1) is 0 Å². The zero-order valence-electron chi connectivity index (χ0n) is 9.36. The molecule has 0 bridgehead atoms. The maximum atomic E-state index is 12.3. The van der Waals surface area contributed by atoms with Crippen molar-refractivity contribution in [1.29, 1.82) is 0 Å². The molecule has 0 saturated heterocycles. The molecule has 0 aromatic carbocycles. The minimum atomic E-state index is -3.43. The molecule has 1 atom stereocenters. The molecule has 7 heteroatoms. The Morgan fingerprint density at radius 3 is 2.82 bits per heavy atom.